The Morgan fingerprint density at radius 3 is 2.24 bits per heavy atom. The number of Topliss-reactive ketones (excluding diaryl/α,β-unsaturated/α-hetero) is 1. The third-order valence-electron chi connectivity index (χ3n) is 8.46. The van der Waals surface area contributed by atoms with Gasteiger partial charge in [-0.05, 0) is 72.5 Å². The minimum atomic E-state index is -0.329. The first-order valence-electron chi connectivity index (χ1n) is 17.0. The van der Waals surface area contributed by atoms with Crippen LogP contribution in [0, 0.1) is 0 Å². The molecule has 6 rings (SSSR count). The van der Waals surface area contributed by atoms with Crippen LogP contribution in [0.2, 0.25) is 0 Å². The van der Waals surface area contributed by atoms with Gasteiger partial charge in [0.15, 0.2) is 5.76 Å². The average molecular weight is 662 g/mol. The van der Waals surface area contributed by atoms with Gasteiger partial charge in [-0.25, -0.2) is 4.79 Å². The quantitative estimate of drug-likeness (QED) is 0.0773. The second-order valence-electron chi connectivity index (χ2n) is 12.2. The number of rotatable bonds is 17. The zero-order chi connectivity index (χ0) is 33.7. The lowest BCUT2D eigenvalue weighted by Crippen LogP contribution is -2.38. The van der Waals surface area contributed by atoms with Crippen molar-refractivity contribution in [3.63, 3.8) is 0 Å². The highest BCUT2D eigenvalue weighted by atomic mass is 16.5. The van der Waals surface area contributed by atoms with Crippen LogP contribution < -0.4 is 20.1 Å². The highest BCUT2D eigenvalue weighted by Crippen LogP contribution is 2.26. The van der Waals surface area contributed by atoms with Crippen molar-refractivity contribution in [2.75, 3.05) is 38.2 Å². The van der Waals surface area contributed by atoms with E-state index in [-0.39, 0.29) is 24.1 Å². The number of hydrogen-bond donors (Lipinski definition) is 2. The summed E-state index contributed by atoms with van der Waals surface area (Å²) < 4.78 is 23.6. The molecular formula is C40H43N3O6. The summed E-state index contributed by atoms with van der Waals surface area (Å²) in [6.45, 7) is 2.98. The molecule has 0 radical (unpaired) electrons. The zero-order valence-corrected chi connectivity index (χ0v) is 27.6. The minimum Gasteiger partial charge on any atom is -0.491 e. The fourth-order valence-corrected chi connectivity index (χ4v) is 5.89. The highest BCUT2D eigenvalue weighted by molar-refractivity contribution is 5.99. The molecule has 1 fully saturated rings. The third kappa shape index (κ3) is 10.4. The summed E-state index contributed by atoms with van der Waals surface area (Å²) >= 11 is 0. The lowest BCUT2D eigenvalue weighted by molar-refractivity contribution is 0.0382. The van der Waals surface area contributed by atoms with E-state index in [0.29, 0.717) is 68.3 Å². The van der Waals surface area contributed by atoms with E-state index < -0.39 is 0 Å². The number of carbonyl (C=O) groups is 2. The molecule has 9 heteroatoms. The van der Waals surface area contributed by atoms with E-state index in [9.17, 15) is 9.59 Å². The first-order chi connectivity index (χ1) is 24.1. The van der Waals surface area contributed by atoms with E-state index in [1.165, 1.54) is 12.8 Å². The van der Waals surface area contributed by atoms with Crippen molar-refractivity contribution < 1.29 is 28.2 Å². The number of fused-ring (bicyclic) bond motifs is 1. The molecule has 0 bridgehead atoms. The average Bonchev–Trinajstić information content (AvgIpc) is 3.81. The Hall–Kier alpha value is -5.12. The monoisotopic (exact) mass is 661 g/mol. The van der Waals surface area contributed by atoms with Gasteiger partial charge >= 0.3 is 6.03 Å². The summed E-state index contributed by atoms with van der Waals surface area (Å²) in [5, 5.41) is 6.57. The first-order valence-corrected chi connectivity index (χ1v) is 17.0. The maximum atomic E-state index is 13.4. The van der Waals surface area contributed by atoms with Crippen molar-refractivity contribution in [1.82, 2.24) is 10.2 Å². The van der Waals surface area contributed by atoms with Gasteiger partial charge in [0.25, 0.3) is 0 Å². The van der Waals surface area contributed by atoms with Crippen molar-refractivity contribution in [2.24, 2.45) is 0 Å². The van der Waals surface area contributed by atoms with Crippen LogP contribution >= 0.6 is 0 Å². The van der Waals surface area contributed by atoms with E-state index >= 15 is 0 Å². The number of nitrogens with one attached hydrogen (secondary N) is 2. The molecule has 1 aromatic heterocycles. The summed E-state index contributed by atoms with van der Waals surface area (Å²) in [7, 11) is 0. The third-order valence-corrected chi connectivity index (χ3v) is 8.46. The van der Waals surface area contributed by atoms with Gasteiger partial charge in [0, 0.05) is 30.7 Å². The van der Waals surface area contributed by atoms with E-state index in [2.05, 4.69) is 10.6 Å². The fourth-order valence-electron chi connectivity index (χ4n) is 5.89. The summed E-state index contributed by atoms with van der Waals surface area (Å²) in [5.74, 6) is 1.58. The second-order valence-corrected chi connectivity index (χ2v) is 12.2. The Morgan fingerprint density at radius 2 is 1.49 bits per heavy atom. The summed E-state index contributed by atoms with van der Waals surface area (Å²) in [6, 6.07) is 34.1. The maximum absolute atomic E-state index is 13.4. The second kappa shape index (κ2) is 17.3. The largest absolute Gasteiger partial charge is 0.491 e. The van der Waals surface area contributed by atoms with Crippen LogP contribution in [-0.2, 0) is 17.9 Å². The van der Waals surface area contributed by atoms with Gasteiger partial charge < -0.3 is 29.3 Å². The number of nitrogens with zero attached hydrogens (tertiary/aromatic N) is 1. The Balaban J connectivity index is 0.989. The minimum absolute atomic E-state index is 0.129. The van der Waals surface area contributed by atoms with E-state index in [0.717, 1.165) is 29.4 Å². The number of ether oxygens (including phenoxy) is 3. The Morgan fingerprint density at radius 1 is 0.776 bits per heavy atom. The van der Waals surface area contributed by atoms with Crippen molar-refractivity contribution in [1.29, 1.82) is 0 Å². The lowest BCUT2D eigenvalue weighted by atomic mass is 10.2. The highest BCUT2D eigenvalue weighted by Gasteiger charge is 2.18. The smallest absolute Gasteiger partial charge is 0.319 e. The van der Waals surface area contributed by atoms with Gasteiger partial charge in [-0.1, -0.05) is 73.5 Å². The van der Waals surface area contributed by atoms with Gasteiger partial charge in [-0.15, -0.1) is 0 Å². The van der Waals surface area contributed by atoms with Crippen LogP contribution in [0.4, 0.5) is 10.5 Å². The molecule has 0 unspecified atom stereocenters. The molecule has 0 aliphatic heterocycles. The predicted octanol–water partition coefficient (Wildman–Crippen LogP) is 7.86. The number of amides is 2. The first kappa shape index (κ1) is 33.8. The van der Waals surface area contributed by atoms with Crippen LogP contribution in [0.15, 0.2) is 114 Å². The van der Waals surface area contributed by atoms with Crippen molar-refractivity contribution in [2.45, 2.75) is 44.9 Å². The molecule has 4 aromatic carbocycles. The van der Waals surface area contributed by atoms with Crippen LogP contribution in [0.3, 0.4) is 0 Å². The van der Waals surface area contributed by atoms with E-state index in [4.69, 9.17) is 18.6 Å². The Labute approximate surface area is 287 Å². The number of ketones is 1. The summed E-state index contributed by atoms with van der Waals surface area (Å²) in [4.78, 5) is 28.1. The molecule has 2 N–H and O–H groups in total. The molecular weight excluding hydrogens is 618 g/mol. The van der Waals surface area contributed by atoms with Crippen molar-refractivity contribution >= 4 is 28.5 Å². The lowest BCUT2D eigenvalue weighted by Gasteiger charge is -2.21. The number of anilines is 1. The van der Waals surface area contributed by atoms with Gasteiger partial charge in [0.2, 0.25) is 5.78 Å². The van der Waals surface area contributed by atoms with E-state index in [1.807, 2.05) is 95.9 Å². The fraction of sp³-hybridized carbons (Fsp3) is 0.300. The van der Waals surface area contributed by atoms with E-state index in [1.54, 1.807) is 18.2 Å². The number of furan rings is 1. The van der Waals surface area contributed by atoms with Crippen LogP contribution in [0.5, 0.6) is 11.5 Å². The van der Waals surface area contributed by atoms with Crippen molar-refractivity contribution in [3.05, 3.63) is 126 Å². The number of urea groups is 1. The molecule has 1 aliphatic rings. The standard InChI is InChI=1S/C40H43N3O6/c44-37(39-26-32-25-36(19-20-38(32)49-39)47-24-23-46-34-13-7-8-14-34)28-43(27-30-9-3-1-4-10-30)22-21-41-40(45)42-33-15-17-35(18-16-33)48-29-31-11-5-2-6-12-31/h1-6,9-12,15-20,25-26,34H,7-8,13-14,21-24,27-29H2,(H2,41,42,45). The maximum Gasteiger partial charge on any atom is 0.319 e. The molecule has 9 nitrogen and oxygen atoms in total. The molecule has 0 spiro atoms. The Bertz CT molecular complexity index is 1770. The normalized spacial score (nSPS) is 13.1. The molecule has 0 atom stereocenters. The number of benzene rings is 4. The van der Waals surface area contributed by atoms with Gasteiger partial charge in [-0.3, -0.25) is 9.69 Å². The number of carbonyl (C=O) groups excluding carboxylic acids is 2. The van der Waals surface area contributed by atoms with Gasteiger partial charge in [0.05, 0.1) is 19.3 Å². The van der Waals surface area contributed by atoms with Crippen LogP contribution in [0.25, 0.3) is 11.0 Å². The summed E-state index contributed by atoms with van der Waals surface area (Å²) in [5.41, 5.74) is 3.43. The van der Waals surface area contributed by atoms with Crippen LogP contribution in [-0.4, -0.2) is 55.7 Å². The molecule has 1 saturated carbocycles. The molecule has 49 heavy (non-hydrogen) atoms. The van der Waals surface area contributed by atoms with Gasteiger partial charge in [0.1, 0.15) is 30.3 Å². The molecule has 2 amide bonds. The summed E-state index contributed by atoms with van der Waals surface area (Å²) in [6.07, 6.45) is 5.11. The molecule has 1 heterocycles. The molecule has 5 aromatic rings. The zero-order valence-electron chi connectivity index (χ0n) is 27.6. The Kier molecular flexibility index (Phi) is 11.9. The predicted molar refractivity (Wildman–Crippen MR) is 190 cm³/mol. The van der Waals surface area contributed by atoms with Gasteiger partial charge in [-0.2, -0.15) is 0 Å². The topological polar surface area (TPSA) is 102 Å². The van der Waals surface area contributed by atoms with Crippen molar-refractivity contribution in [3.8, 4) is 11.5 Å². The molecule has 1 aliphatic carbocycles. The van der Waals surface area contributed by atoms with Crippen LogP contribution in [0.1, 0.15) is 47.4 Å². The number of hydrogen-bond acceptors (Lipinski definition) is 7. The SMILES string of the molecule is O=C(NCCN(CC(=O)c1cc2cc(OCCOC3CCCC3)ccc2o1)Cc1ccccc1)Nc1ccc(OCc2ccccc2)cc1. The molecule has 254 valence electrons. The molecule has 0 saturated heterocycles.